The molecule has 6 nitrogen and oxygen atoms in total. The number of nitrogens with one attached hydrogen (secondary N) is 1. The summed E-state index contributed by atoms with van der Waals surface area (Å²) in [7, 11) is 0. The van der Waals surface area contributed by atoms with Gasteiger partial charge in [-0.25, -0.2) is 9.07 Å². The molecule has 0 saturated carbocycles. The van der Waals surface area contributed by atoms with Crippen LogP contribution in [-0.2, 0) is 13.0 Å². The van der Waals surface area contributed by atoms with Crippen molar-refractivity contribution < 1.29 is 9.18 Å². The number of carbonyl (C=O) groups is 1. The monoisotopic (exact) mass is 467 g/mol. The maximum Gasteiger partial charge on any atom is 0.274 e. The van der Waals surface area contributed by atoms with Crippen LogP contribution < -0.4 is 5.32 Å². The molecule has 0 atom stereocenters. The summed E-state index contributed by atoms with van der Waals surface area (Å²) >= 11 is 0. The van der Waals surface area contributed by atoms with Crippen LogP contribution >= 0.6 is 0 Å². The van der Waals surface area contributed by atoms with E-state index < -0.39 is 0 Å². The minimum absolute atomic E-state index is 0.239. The molecule has 5 rings (SSSR count). The summed E-state index contributed by atoms with van der Waals surface area (Å²) in [6, 6.07) is 23.9. The van der Waals surface area contributed by atoms with Crippen LogP contribution in [0.1, 0.15) is 29.4 Å². The smallest absolute Gasteiger partial charge is 0.274 e. The third-order valence-electron chi connectivity index (χ3n) is 6.12. The highest BCUT2D eigenvalue weighted by molar-refractivity contribution is 5.98. The van der Waals surface area contributed by atoms with Gasteiger partial charge in [0.2, 0.25) is 0 Å². The van der Waals surface area contributed by atoms with E-state index in [4.69, 9.17) is 0 Å². The summed E-state index contributed by atoms with van der Waals surface area (Å²) in [5.41, 5.74) is 4.76. The standard InChI is InChI=1S/C28H26FN5O/c1-2-33-19-21(24-12-6-7-13-25(24)33)11-8-18-30-28(35)26-27(20-9-4-3-5-10-20)34(32-31-26)23-16-14-22(29)15-17-23/h3-7,9-10,12-17,19H,2,8,11,18H2,1H3,(H,30,35). The van der Waals surface area contributed by atoms with Crippen LogP contribution in [0.4, 0.5) is 4.39 Å². The van der Waals surface area contributed by atoms with E-state index in [1.54, 1.807) is 16.8 Å². The van der Waals surface area contributed by atoms with Crippen molar-refractivity contribution >= 4 is 16.8 Å². The number of nitrogens with zero attached hydrogens (tertiary/aromatic N) is 4. The summed E-state index contributed by atoms with van der Waals surface area (Å²) in [4.78, 5) is 13.1. The molecule has 1 N–H and O–H groups in total. The van der Waals surface area contributed by atoms with Crippen molar-refractivity contribution in [2.24, 2.45) is 0 Å². The molecule has 1 amide bonds. The quantitative estimate of drug-likeness (QED) is 0.310. The van der Waals surface area contributed by atoms with Crippen molar-refractivity contribution in [3.63, 3.8) is 0 Å². The number of rotatable bonds is 8. The molecule has 0 bridgehead atoms. The molecule has 0 aliphatic carbocycles. The Morgan fingerprint density at radius 3 is 2.49 bits per heavy atom. The molecule has 0 aliphatic heterocycles. The van der Waals surface area contributed by atoms with Gasteiger partial charge in [-0.05, 0) is 55.7 Å². The summed E-state index contributed by atoms with van der Waals surface area (Å²) in [6.07, 6.45) is 3.87. The van der Waals surface area contributed by atoms with Gasteiger partial charge in [0.1, 0.15) is 11.5 Å². The number of aromatic nitrogens is 4. The largest absolute Gasteiger partial charge is 0.351 e. The third-order valence-corrected chi connectivity index (χ3v) is 6.12. The molecule has 176 valence electrons. The number of para-hydroxylation sites is 1. The summed E-state index contributed by atoms with van der Waals surface area (Å²) in [6.45, 7) is 3.57. The summed E-state index contributed by atoms with van der Waals surface area (Å²) < 4.78 is 17.3. The Morgan fingerprint density at radius 1 is 0.971 bits per heavy atom. The first kappa shape index (κ1) is 22.5. The molecule has 0 aliphatic rings. The van der Waals surface area contributed by atoms with Gasteiger partial charge in [0.25, 0.3) is 5.91 Å². The molecule has 7 heteroatoms. The van der Waals surface area contributed by atoms with Gasteiger partial charge in [0.15, 0.2) is 5.69 Å². The fraction of sp³-hybridized carbons (Fsp3) is 0.179. The zero-order valence-electron chi connectivity index (χ0n) is 19.5. The minimum atomic E-state index is -0.338. The first-order valence-electron chi connectivity index (χ1n) is 11.8. The molecule has 35 heavy (non-hydrogen) atoms. The average Bonchev–Trinajstić information content (AvgIpc) is 3.50. The Kier molecular flexibility index (Phi) is 6.39. The van der Waals surface area contributed by atoms with Crippen molar-refractivity contribution in [3.8, 4) is 16.9 Å². The van der Waals surface area contributed by atoms with Crippen LogP contribution in [0.15, 0.2) is 85.1 Å². The van der Waals surface area contributed by atoms with Crippen molar-refractivity contribution in [2.45, 2.75) is 26.3 Å². The van der Waals surface area contributed by atoms with Crippen LogP contribution in [0.5, 0.6) is 0 Å². The molecular formula is C28H26FN5O. The SMILES string of the molecule is CCn1cc(CCCNC(=O)c2nnn(-c3ccc(F)cc3)c2-c2ccccc2)c2ccccc21. The van der Waals surface area contributed by atoms with Gasteiger partial charge in [0.05, 0.1) is 5.69 Å². The van der Waals surface area contributed by atoms with Crippen molar-refractivity contribution in [1.29, 1.82) is 0 Å². The van der Waals surface area contributed by atoms with Gasteiger partial charge in [-0.2, -0.15) is 0 Å². The maximum atomic E-state index is 13.5. The number of hydrogen-bond acceptors (Lipinski definition) is 3. The number of benzene rings is 3. The van der Waals surface area contributed by atoms with Crippen LogP contribution in [0, 0.1) is 5.82 Å². The molecule has 0 saturated heterocycles. The van der Waals surface area contributed by atoms with Gasteiger partial charge in [-0.1, -0.05) is 53.7 Å². The topological polar surface area (TPSA) is 64.7 Å². The molecule has 2 aromatic heterocycles. The number of aryl methyl sites for hydroxylation is 2. The van der Waals surface area contributed by atoms with E-state index in [9.17, 15) is 9.18 Å². The van der Waals surface area contributed by atoms with E-state index in [-0.39, 0.29) is 17.4 Å². The lowest BCUT2D eigenvalue weighted by molar-refractivity contribution is 0.0949. The Labute approximate surface area is 203 Å². The Balaban J connectivity index is 1.33. The van der Waals surface area contributed by atoms with E-state index in [2.05, 4.69) is 57.6 Å². The van der Waals surface area contributed by atoms with Gasteiger partial charge in [-0.3, -0.25) is 4.79 Å². The molecule has 3 aromatic carbocycles. The van der Waals surface area contributed by atoms with Crippen molar-refractivity contribution in [2.75, 3.05) is 6.54 Å². The number of amides is 1. The second-order valence-corrected chi connectivity index (χ2v) is 8.36. The predicted molar refractivity (Wildman–Crippen MR) is 135 cm³/mol. The Bertz CT molecular complexity index is 1450. The lowest BCUT2D eigenvalue weighted by atomic mass is 10.1. The predicted octanol–water partition coefficient (Wildman–Crippen LogP) is 5.41. The number of halogens is 1. The minimum Gasteiger partial charge on any atom is -0.351 e. The molecule has 2 heterocycles. The highest BCUT2D eigenvalue weighted by Crippen LogP contribution is 2.26. The van der Waals surface area contributed by atoms with Crippen LogP contribution in [0.25, 0.3) is 27.8 Å². The summed E-state index contributed by atoms with van der Waals surface area (Å²) in [5, 5.41) is 12.7. The van der Waals surface area contributed by atoms with Gasteiger partial charge in [-0.15, -0.1) is 5.10 Å². The second kappa shape index (κ2) is 9.93. The number of carbonyl (C=O) groups excluding carboxylic acids is 1. The van der Waals surface area contributed by atoms with E-state index in [1.807, 2.05) is 30.3 Å². The van der Waals surface area contributed by atoms with Crippen LogP contribution in [-0.4, -0.2) is 32.0 Å². The van der Waals surface area contributed by atoms with E-state index >= 15 is 0 Å². The maximum absolute atomic E-state index is 13.5. The van der Waals surface area contributed by atoms with Crippen LogP contribution in [0.2, 0.25) is 0 Å². The summed E-state index contributed by atoms with van der Waals surface area (Å²) in [5.74, 6) is -0.622. The highest BCUT2D eigenvalue weighted by atomic mass is 19.1. The van der Waals surface area contributed by atoms with E-state index in [0.29, 0.717) is 17.9 Å². The van der Waals surface area contributed by atoms with E-state index in [1.165, 1.54) is 28.6 Å². The van der Waals surface area contributed by atoms with Gasteiger partial charge < -0.3 is 9.88 Å². The molecule has 0 unspecified atom stereocenters. The fourth-order valence-corrected chi connectivity index (χ4v) is 4.40. The lowest BCUT2D eigenvalue weighted by Gasteiger charge is -2.09. The van der Waals surface area contributed by atoms with Crippen molar-refractivity contribution in [1.82, 2.24) is 24.9 Å². The van der Waals surface area contributed by atoms with Crippen molar-refractivity contribution in [3.05, 3.63) is 102 Å². The number of hydrogen-bond donors (Lipinski definition) is 1. The normalized spacial score (nSPS) is 11.1. The van der Waals surface area contributed by atoms with Crippen LogP contribution in [0.3, 0.4) is 0 Å². The Morgan fingerprint density at radius 2 is 1.71 bits per heavy atom. The molecule has 0 radical (unpaired) electrons. The fourth-order valence-electron chi connectivity index (χ4n) is 4.40. The first-order valence-corrected chi connectivity index (χ1v) is 11.8. The Hall–Kier alpha value is -4.26. The zero-order chi connectivity index (χ0) is 24.2. The second-order valence-electron chi connectivity index (χ2n) is 8.36. The number of fused-ring (bicyclic) bond motifs is 1. The highest BCUT2D eigenvalue weighted by Gasteiger charge is 2.22. The van der Waals surface area contributed by atoms with Gasteiger partial charge in [0, 0.05) is 35.8 Å². The molecule has 0 fully saturated rings. The third kappa shape index (κ3) is 4.57. The molecular weight excluding hydrogens is 441 g/mol. The zero-order valence-corrected chi connectivity index (χ0v) is 19.5. The first-order chi connectivity index (χ1) is 17.2. The molecule has 0 spiro atoms. The average molecular weight is 468 g/mol. The van der Waals surface area contributed by atoms with Gasteiger partial charge >= 0.3 is 0 Å². The molecule has 5 aromatic rings. The van der Waals surface area contributed by atoms with E-state index in [0.717, 1.165) is 24.9 Å². The lowest BCUT2D eigenvalue weighted by Crippen LogP contribution is -2.25.